The molecule has 1 heterocycles. The molecule has 1 aliphatic carbocycles. The zero-order valence-corrected chi connectivity index (χ0v) is 22.9. The number of Topliss-reactive ketones (excluding diaryl/α,β-unsaturated/α-hetero) is 1. The Morgan fingerprint density at radius 1 is 0.971 bits per heavy atom. The van der Waals surface area contributed by atoms with Crippen molar-refractivity contribution >= 4 is 53.3 Å². The number of para-hydroxylation sites is 1. The van der Waals surface area contributed by atoms with E-state index < -0.39 is 13.5 Å². The zero-order chi connectivity index (χ0) is 25.0. The van der Waals surface area contributed by atoms with Gasteiger partial charge >= 0.3 is 0 Å². The van der Waals surface area contributed by atoms with E-state index in [4.69, 9.17) is 16.3 Å². The second kappa shape index (κ2) is 8.68. The van der Waals surface area contributed by atoms with Crippen LogP contribution in [0, 0.1) is 0 Å². The Morgan fingerprint density at radius 3 is 2.46 bits per heavy atom. The maximum atomic E-state index is 13.5. The lowest BCUT2D eigenvalue weighted by atomic mass is 9.82. The number of alkyl halides is 1. The number of allylic oxidation sites excluding steroid dienone is 1. The van der Waals surface area contributed by atoms with Gasteiger partial charge in [0, 0.05) is 50.8 Å². The molecule has 0 unspecified atom stereocenters. The van der Waals surface area contributed by atoms with E-state index in [2.05, 4.69) is 92.7 Å². The molecule has 35 heavy (non-hydrogen) atoms. The third-order valence-electron chi connectivity index (χ3n) is 6.91. The molecule has 0 atom stereocenters. The summed E-state index contributed by atoms with van der Waals surface area (Å²) in [5.74, 6) is 1.51. The van der Waals surface area contributed by atoms with Crippen molar-refractivity contribution in [2.45, 2.75) is 45.4 Å². The Balaban J connectivity index is 1.56. The first-order valence-electron chi connectivity index (χ1n) is 12.2. The fourth-order valence-corrected chi connectivity index (χ4v) is 5.87. The number of halogens is 1. The number of ether oxygens (including phenoxy) is 1. The molecule has 5 rings (SSSR count). The summed E-state index contributed by atoms with van der Waals surface area (Å²) in [5, 5.41) is 2.39. The van der Waals surface area contributed by atoms with Crippen molar-refractivity contribution in [3.05, 3.63) is 82.9 Å². The number of benzene rings is 3. The van der Waals surface area contributed by atoms with Gasteiger partial charge in [0.2, 0.25) is 0 Å². The third kappa shape index (κ3) is 4.23. The van der Waals surface area contributed by atoms with Crippen LogP contribution < -0.4 is 4.74 Å². The van der Waals surface area contributed by atoms with Gasteiger partial charge in [0.05, 0.1) is 14.3 Å². The molecule has 0 saturated heterocycles. The van der Waals surface area contributed by atoms with Gasteiger partial charge in [-0.15, -0.1) is 11.6 Å². The minimum atomic E-state index is -1.33. The summed E-state index contributed by atoms with van der Waals surface area (Å²) in [6.45, 7) is 11.9. The maximum Gasteiger partial charge on any atom is 0.190 e. The first-order valence-corrected chi connectivity index (χ1v) is 16.5. The van der Waals surface area contributed by atoms with Crippen LogP contribution in [0.4, 0.5) is 0 Å². The van der Waals surface area contributed by atoms with Crippen molar-refractivity contribution in [3.8, 4) is 5.75 Å². The van der Waals surface area contributed by atoms with Crippen molar-refractivity contribution in [2.75, 3.05) is 12.1 Å². The van der Waals surface area contributed by atoms with E-state index in [1.807, 2.05) is 12.1 Å². The molecule has 0 N–H and O–H groups in total. The predicted molar refractivity (Wildman–Crippen MR) is 151 cm³/mol. The molecule has 0 fully saturated rings. The van der Waals surface area contributed by atoms with E-state index in [1.165, 1.54) is 21.8 Å². The molecular weight excluding hydrogens is 470 g/mol. The number of ketones is 1. The minimum Gasteiger partial charge on any atom is -0.497 e. The van der Waals surface area contributed by atoms with E-state index >= 15 is 0 Å². The van der Waals surface area contributed by atoms with Crippen molar-refractivity contribution < 1.29 is 9.53 Å². The summed E-state index contributed by atoms with van der Waals surface area (Å²) < 4.78 is 8.38. The van der Waals surface area contributed by atoms with Crippen LogP contribution in [0.2, 0.25) is 19.6 Å². The van der Waals surface area contributed by atoms with E-state index in [1.54, 1.807) is 0 Å². The molecule has 1 aliphatic rings. The van der Waals surface area contributed by atoms with E-state index in [9.17, 15) is 4.79 Å². The van der Waals surface area contributed by atoms with E-state index in [0.717, 1.165) is 40.8 Å². The number of aryl methyl sites for hydroxylation is 1. The van der Waals surface area contributed by atoms with Crippen LogP contribution in [0.1, 0.15) is 35.3 Å². The van der Waals surface area contributed by atoms with E-state index in [-0.39, 0.29) is 5.78 Å². The zero-order valence-electron chi connectivity index (χ0n) is 21.1. The van der Waals surface area contributed by atoms with Gasteiger partial charge in [0.1, 0.15) is 5.75 Å². The Hall–Kier alpha value is -2.82. The monoisotopic (exact) mass is 501 g/mol. The molecule has 4 aromatic rings. The summed E-state index contributed by atoms with van der Waals surface area (Å²) in [4.78, 5) is 13.5. The number of fused-ring (bicyclic) bond motifs is 4. The van der Waals surface area contributed by atoms with E-state index in [0.29, 0.717) is 5.88 Å². The number of carbonyl (C=O) groups is 1. The average Bonchev–Trinajstić information content (AvgIpc) is 3.22. The van der Waals surface area contributed by atoms with Crippen molar-refractivity contribution in [2.24, 2.45) is 0 Å². The summed E-state index contributed by atoms with van der Waals surface area (Å²) in [6.07, 6.45) is 2.83. The number of aromatic nitrogens is 1. The first-order chi connectivity index (χ1) is 16.6. The smallest absolute Gasteiger partial charge is 0.190 e. The molecule has 5 heteroatoms. The van der Waals surface area contributed by atoms with Crippen LogP contribution in [-0.4, -0.2) is 30.5 Å². The quantitative estimate of drug-likeness (QED) is 0.153. The van der Waals surface area contributed by atoms with Crippen molar-refractivity contribution in [1.29, 1.82) is 0 Å². The molecular formula is C30H32ClNO2Si. The molecule has 0 saturated carbocycles. The molecule has 3 nitrogen and oxygen atoms in total. The normalized spacial score (nSPS) is 16.4. The SMILES string of the molecule is CC1(C)C(=Cc2ccc3c(c2)c2ccccc2n3CCCl)C(=O)c2ccc(OC[Si](C)(C)C)cc21. The minimum absolute atomic E-state index is 0.103. The number of hydrogen-bond donors (Lipinski definition) is 0. The van der Waals surface area contributed by atoms with Crippen LogP contribution in [0.3, 0.4) is 0 Å². The number of carbonyl (C=O) groups excluding carboxylic acids is 1. The Morgan fingerprint density at radius 2 is 1.71 bits per heavy atom. The maximum absolute atomic E-state index is 13.5. The summed E-state index contributed by atoms with van der Waals surface area (Å²) in [6, 6.07) is 20.8. The van der Waals surface area contributed by atoms with Crippen LogP contribution >= 0.6 is 11.6 Å². The average molecular weight is 502 g/mol. The largest absolute Gasteiger partial charge is 0.497 e. The van der Waals surface area contributed by atoms with Crippen LogP contribution in [0.5, 0.6) is 5.75 Å². The fraction of sp³-hybridized carbons (Fsp3) is 0.300. The molecule has 0 spiro atoms. The second-order valence-corrected chi connectivity index (χ2v) is 17.0. The van der Waals surface area contributed by atoms with Crippen molar-refractivity contribution in [3.63, 3.8) is 0 Å². The molecule has 0 aliphatic heterocycles. The highest BCUT2D eigenvalue weighted by molar-refractivity contribution is 6.76. The highest BCUT2D eigenvalue weighted by Crippen LogP contribution is 2.45. The standard InChI is InChI=1S/C30H32ClNO2Si/c1-30(2)25-18-21(34-19-35(3,4)5)11-12-23(25)29(33)26(30)17-20-10-13-28-24(16-20)22-8-6-7-9-27(22)32(28)15-14-31/h6-13,16-18H,14-15,19H2,1-5H3. The van der Waals surface area contributed by atoms with Gasteiger partial charge in [-0.25, -0.2) is 0 Å². The number of nitrogens with zero attached hydrogens (tertiary/aromatic N) is 1. The lowest BCUT2D eigenvalue weighted by Crippen LogP contribution is -2.30. The predicted octanol–water partition coefficient (Wildman–Crippen LogP) is 7.85. The molecule has 1 aromatic heterocycles. The Kier molecular flexibility index (Phi) is 5.93. The lowest BCUT2D eigenvalue weighted by Gasteiger charge is -2.22. The number of rotatable bonds is 6. The Labute approximate surface area is 213 Å². The highest BCUT2D eigenvalue weighted by Gasteiger charge is 2.41. The highest BCUT2D eigenvalue weighted by atomic mass is 35.5. The van der Waals surface area contributed by atoms with Gasteiger partial charge in [-0.2, -0.15) is 0 Å². The molecule has 0 amide bonds. The summed E-state index contributed by atoms with van der Waals surface area (Å²) in [5.41, 5.74) is 5.63. The Bertz CT molecular complexity index is 1490. The van der Waals surface area contributed by atoms with Crippen LogP contribution in [-0.2, 0) is 12.0 Å². The number of hydrogen-bond acceptors (Lipinski definition) is 2. The van der Waals surface area contributed by atoms with Crippen LogP contribution in [0.15, 0.2) is 66.2 Å². The molecule has 0 radical (unpaired) electrons. The van der Waals surface area contributed by atoms with Crippen LogP contribution in [0.25, 0.3) is 27.9 Å². The summed E-state index contributed by atoms with van der Waals surface area (Å²) in [7, 11) is -1.33. The topological polar surface area (TPSA) is 31.2 Å². The second-order valence-electron chi connectivity index (χ2n) is 11.2. The van der Waals surface area contributed by atoms with Gasteiger partial charge in [0.15, 0.2) is 5.78 Å². The van der Waals surface area contributed by atoms with Gasteiger partial charge in [-0.05, 0) is 53.6 Å². The van der Waals surface area contributed by atoms with Gasteiger partial charge < -0.3 is 9.30 Å². The molecule has 0 bridgehead atoms. The fourth-order valence-electron chi connectivity index (χ4n) is 5.10. The van der Waals surface area contributed by atoms with Crippen molar-refractivity contribution in [1.82, 2.24) is 4.57 Å². The molecule has 180 valence electrons. The lowest BCUT2D eigenvalue weighted by molar-refractivity contribution is 0.103. The third-order valence-corrected chi connectivity index (χ3v) is 8.09. The van der Waals surface area contributed by atoms with Gasteiger partial charge in [-0.3, -0.25) is 4.79 Å². The summed E-state index contributed by atoms with van der Waals surface area (Å²) >= 11 is 6.11. The molecule has 3 aromatic carbocycles. The van der Waals surface area contributed by atoms with Gasteiger partial charge in [0.25, 0.3) is 0 Å². The van der Waals surface area contributed by atoms with Gasteiger partial charge in [-0.1, -0.05) is 57.8 Å². The first kappa shape index (κ1) is 23.9.